The summed E-state index contributed by atoms with van der Waals surface area (Å²) in [5.74, 6) is 0. The van der Waals surface area contributed by atoms with Gasteiger partial charge in [0.25, 0.3) is 0 Å². The molecule has 0 saturated carbocycles. The van der Waals surface area contributed by atoms with Crippen molar-refractivity contribution in [3.05, 3.63) is 48.6 Å². The van der Waals surface area contributed by atoms with Crippen LogP contribution in [0.2, 0.25) is 0 Å². The zero-order valence-electron chi connectivity index (χ0n) is 16.0. The van der Waals surface area contributed by atoms with E-state index in [1.165, 1.54) is 0 Å². The Hall–Kier alpha value is -1.85. The van der Waals surface area contributed by atoms with Crippen molar-refractivity contribution >= 4 is 6.09 Å². The van der Waals surface area contributed by atoms with Gasteiger partial charge in [0.15, 0.2) is 6.29 Å². The number of carbonyl (C=O) groups is 1. The highest BCUT2D eigenvalue weighted by molar-refractivity contribution is 5.68. The molecule has 3 atom stereocenters. The first-order chi connectivity index (χ1) is 11.7. The number of alkyl carbamates (subject to hydrolysis) is 1. The van der Waals surface area contributed by atoms with Crippen molar-refractivity contribution in [2.45, 2.75) is 65.1 Å². The van der Waals surface area contributed by atoms with Gasteiger partial charge in [-0.05, 0) is 46.6 Å². The minimum atomic E-state index is -0.565. The zero-order chi connectivity index (χ0) is 18.9. The molecule has 0 fully saturated rings. The van der Waals surface area contributed by atoms with Crippen molar-refractivity contribution in [2.75, 3.05) is 6.61 Å². The second kappa shape index (κ2) is 10.2. The fourth-order valence-electron chi connectivity index (χ4n) is 2.39. The van der Waals surface area contributed by atoms with Gasteiger partial charge >= 0.3 is 6.09 Å². The van der Waals surface area contributed by atoms with Crippen LogP contribution >= 0.6 is 0 Å². The summed E-state index contributed by atoms with van der Waals surface area (Å²) >= 11 is 0. The maximum Gasteiger partial charge on any atom is 0.407 e. The Morgan fingerprint density at radius 2 is 1.92 bits per heavy atom. The average molecular weight is 349 g/mol. The van der Waals surface area contributed by atoms with Crippen molar-refractivity contribution in [3.63, 3.8) is 0 Å². The summed E-state index contributed by atoms with van der Waals surface area (Å²) in [7, 11) is 0. The van der Waals surface area contributed by atoms with Gasteiger partial charge in [-0.1, -0.05) is 36.4 Å². The number of rotatable bonds is 9. The van der Waals surface area contributed by atoms with Gasteiger partial charge < -0.3 is 19.5 Å². The van der Waals surface area contributed by atoms with E-state index in [0.717, 1.165) is 5.56 Å². The normalized spacial score (nSPS) is 15.1. The molecule has 1 amide bonds. The first-order valence-corrected chi connectivity index (χ1v) is 8.68. The van der Waals surface area contributed by atoms with Crippen LogP contribution in [-0.2, 0) is 20.6 Å². The van der Waals surface area contributed by atoms with E-state index in [-0.39, 0.29) is 6.04 Å². The Bertz CT molecular complexity index is 524. The maximum atomic E-state index is 12.2. The van der Waals surface area contributed by atoms with Gasteiger partial charge in [-0.3, -0.25) is 0 Å². The standard InChI is InChI=1S/C20H31NO4/c1-7-18(24-15(3)23-8-2)17(14-16-12-10-9-11-13-16)21-19(22)25-20(4,5)6/h7,9-13,15,17-18H,1,8,14H2,2-6H3,(H,21,22). The van der Waals surface area contributed by atoms with E-state index in [1.54, 1.807) is 6.08 Å². The van der Waals surface area contributed by atoms with Crippen LogP contribution in [0.25, 0.3) is 0 Å². The van der Waals surface area contributed by atoms with Gasteiger partial charge in [0.1, 0.15) is 5.60 Å². The van der Waals surface area contributed by atoms with E-state index in [4.69, 9.17) is 14.2 Å². The van der Waals surface area contributed by atoms with Crippen molar-refractivity contribution in [1.82, 2.24) is 5.32 Å². The second-order valence-corrected chi connectivity index (χ2v) is 6.80. The lowest BCUT2D eigenvalue weighted by Gasteiger charge is -2.29. The number of amides is 1. The lowest BCUT2D eigenvalue weighted by Crippen LogP contribution is -2.48. The molecule has 0 heterocycles. The van der Waals surface area contributed by atoms with Crippen LogP contribution < -0.4 is 5.32 Å². The van der Waals surface area contributed by atoms with Crippen LogP contribution in [-0.4, -0.2) is 36.7 Å². The number of nitrogens with one attached hydrogen (secondary N) is 1. The van der Waals surface area contributed by atoms with Gasteiger partial charge in [-0.25, -0.2) is 4.79 Å². The van der Waals surface area contributed by atoms with Gasteiger partial charge in [0.2, 0.25) is 0 Å². The molecule has 1 N–H and O–H groups in total. The van der Waals surface area contributed by atoms with Crippen LogP contribution in [0.5, 0.6) is 0 Å². The molecule has 0 bridgehead atoms. The smallest absolute Gasteiger partial charge is 0.407 e. The highest BCUT2D eigenvalue weighted by Crippen LogP contribution is 2.14. The lowest BCUT2D eigenvalue weighted by atomic mass is 10.0. The van der Waals surface area contributed by atoms with Gasteiger partial charge in [-0.2, -0.15) is 0 Å². The quantitative estimate of drug-likeness (QED) is 0.539. The molecule has 140 valence electrons. The molecule has 5 heteroatoms. The van der Waals surface area contributed by atoms with E-state index < -0.39 is 24.1 Å². The summed E-state index contributed by atoms with van der Waals surface area (Å²) in [4.78, 5) is 12.2. The van der Waals surface area contributed by atoms with E-state index in [2.05, 4.69) is 11.9 Å². The molecule has 1 aromatic carbocycles. The van der Waals surface area contributed by atoms with E-state index in [9.17, 15) is 4.79 Å². The Kier molecular flexibility index (Phi) is 8.66. The van der Waals surface area contributed by atoms with Crippen LogP contribution in [0.15, 0.2) is 43.0 Å². The Morgan fingerprint density at radius 1 is 1.28 bits per heavy atom. The third-order valence-corrected chi connectivity index (χ3v) is 3.38. The molecule has 0 saturated heterocycles. The molecular weight excluding hydrogens is 318 g/mol. The van der Waals surface area contributed by atoms with Crippen LogP contribution in [0.3, 0.4) is 0 Å². The SMILES string of the molecule is C=CC(OC(C)OCC)C(Cc1ccccc1)NC(=O)OC(C)(C)C. The first kappa shape index (κ1) is 21.2. The number of ether oxygens (including phenoxy) is 3. The van der Waals surface area contributed by atoms with E-state index >= 15 is 0 Å². The van der Waals surface area contributed by atoms with E-state index in [0.29, 0.717) is 13.0 Å². The Labute approximate surface area is 151 Å². The largest absolute Gasteiger partial charge is 0.444 e. The third-order valence-electron chi connectivity index (χ3n) is 3.38. The molecule has 1 aromatic rings. The van der Waals surface area contributed by atoms with Crippen molar-refractivity contribution < 1.29 is 19.0 Å². The predicted molar refractivity (Wildman–Crippen MR) is 99.5 cm³/mol. The second-order valence-electron chi connectivity index (χ2n) is 6.80. The van der Waals surface area contributed by atoms with Crippen molar-refractivity contribution in [1.29, 1.82) is 0 Å². The van der Waals surface area contributed by atoms with Crippen LogP contribution in [0.1, 0.15) is 40.2 Å². The summed E-state index contributed by atoms with van der Waals surface area (Å²) in [6, 6.07) is 9.58. The molecule has 5 nitrogen and oxygen atoms in total. The minimum Gasteiger partial charge on any atom is -0.444 e. The summed E-state index contributed by atoms with van der Waals surface area (Å²) in [5.41, 5.74) is 0.521. The molecule has 3 unspecified atom stereocenters. The molecule has 25 heavy (non-hydrogen) atoms. The van der Waals surface area contributed by atoms with Crippen molar-refractivity contribution in [2.24, 2.45) is 0 Å². The van der Waals surface area contributed by atoms with Gasteiger partial charge in [0, 0.05) is 6.61 Å². The molecule has 1 rings (SSSR count). The average Bonchev–Trinajstić information content (AvgIpc) is 2.51. The number of benzene rings is 1. The van der Waals surface area contributed by atoms with E-state index in [1.807, 2.05) is 65.0 Å². The molecule has 0 aliphatic rings. The fraction of sp³-hybridized carbons (Fsp3) is 0.550. The minimum absolute atomic E-state index is 0.322. The van der Waals surface area contributed by atoms with Crippen molar-refractivity contribution in [3.8, 4) is 0 Å². The van der Waals surface area contributed by atoms with Gasteiger partial charge in [0.05, 0.1) is 12.1 Å². The lowest BCUT2D eigenvalue weighted by molar-refractivity contribution is -0.151. The summed E-state index contributed by atoms with van der Waals surface area (Å²) in [5, 5.41) is 2.91. The molecular formula is C20H31NO4. The molecule has 0 aliphatic carbocycles. The predicted octanol–water partition coefficient (Wildman–Crippen LogP) is 4.08. The number of carbonyl (C=O) groups excluding carboxylic acids is 1. The topological polar surface area (TPSA) is 56.8 Å². The summed E-state index contributed by atoms with van der Waals surface area (Å²) < 4.78 is 16.7. The molecule has 0 spiro atoms. The molecule has 0 aliphatic heterocycles. The Balaban J connectivity index is 2.88. The fourth-order valence-corrected chi connectivity index (χ4v) is 2.39. The van der Waals surface area contributed by atoms with Crippen LogP contribution in [0.4, 0.5) is 4.79 Å². The molecule has 0 radical (unpaired) electrons. The zero-order valence-corrected chi connectivity index (χ0v) is 16.0. The Morgan fingerprint density at radius 3 is 2.44 bits per heavy atom. The third kappa shape index (κ3) is 8.70. The first-order valence-electron chi connectivity index (χ1n) is 8.68. The maximum absolute atomic E-state index is 12.2. The molecule has 0 aromatic heterocycles. The van der Waals surface area contributed by atoms with Gasteiger partial charge in [-0.15, -0.1) is 6.58 Å². The number of hydrogen-bond acceptors (Lipinski definition) is 4. The highest BCUT2D eigenvalue weighted by atomic mass is 16.7. The monoisotopic (exact) mass is 349 g/mol. The summed E-state index contributed by atoms with van der Waals surface area (Å²) in [6.45, 7) is 13.6. The number of hydrogen-bond donors (Lipinski definition) is 1. The van der Waals surface area contributed by atoms with Crippen LogP contribution in [0, 0.1) is 0 Å². The highest BCUT2D eigenvalue weighted by Gasteiger charge is 2.26. The summed E-state index contributed by atoms with van der Waals surface area (Å²) in [6.07, 6.45) is 0.991.